The lowest BCUT2D eigenvalue weighted by atomic mass is 9.70. The Hall–Kier alpha value is -0.475. The molecule has 1 rings (SSSR count). The van der Waals surface area contributed by atoms with Gasteiger partial charge in [0.05, 0.1) is 23.6 Å². The van der Waals surface area contributed by atoms with Crippen molar-refractivity contribution < 1.29 is 14.0 Å². The summed E-state index contributed by atoms with van der Waals surface area (Å²) in [4.78, 5) is 0. The minimum absolute atomic E-state index is 0.0718. The lowest BCUT2D eigenvalue weighted by molar-refractivity contribution is 0.00578. The minimum atomic E-state index is -0.273. The maximum absolute atomic E-state index is 6.03. The van der Waals surface area contributed by atoms with E-state index in [4.69, 9.17) is 14.0 Å². The molecule has 0 aromatic heterocycles. The molecule has 1 saturated heterocycles. The molecule has 104 valence electrons. The largest absolute Gasteiger partial charge is 0.499 e. The summed E-state index contributed by atoms with van der Waals surface area (Å²) < 4.78 is 17.7. The third kappa shape index (κ3) is 3.30. The van der Waals surface area contributed by atoms with Crippen molar-refractivity contribution in [3.05, 3.63) is 12.3 Å². The molecule has 2 atom stereocenters. The lowest BCUT2D eigenvalue weighted by Gasteiger charge is -2.32. The van der Waals surface area contributed by atoms with E-state index in [1.807, 2.05) is 6.08 Å². The highest BCUT2D eigenvalue weighted by molar-refractivity contribution is 6.47. The highest BCUT2D eigenvalue weighted by Crippen LogP contribution is 2.40. The molecular weight excluding hydrogens is 227 g/mol. The molecule has 2 unspecified atom stereocenters. The number of hydrogen-bond donors (Lipinski definition) is 0. The van der Waals surface area contributed by atoms with E-state index in [0.717, 1.165) is 6.42 Å². The zero-order valence-corrected chi connectivity index (χ0v) is 12.8. The van der Waals surface area contributed by atoms with Gasteiger partial charge in [0.1, 0.15) is 0 Å². The fourth-order valence-electron chi connectivity index (χ4n) is 1.72. The molecule has 1 heterocycles. The van der Waals surface area contributed by atoms with Gasteiger partial charge >= 0.3 is 7.12 Å². The van der Waals surface area contributed by atoms with E-state index in [2.05, 4.69) is 48.5 Å². The van der Waals surface area contributed by atoms with Gasteiger partial charge < -0.3 is 14.0 Å². The van der Waals surface area contributed by atoms with Gasteiger partial charge in [0, 0.05) is 5.82 Å². The summed E-state index contributed by atoms with van der Waals surface area (Å²) in [7, 11) is -0.208. The third-order valence-corrected chi connectivity index (χ3v) is 4.07. The van der Waals surface area contributed by atoms with Crippen molar-refractivity contribution in [3.63, 3.8) is 0 Å². The van der Waals surface area contributed by atoms with Crippen LogP contribution in [0.2, 0.25) is 5.82 Å². The quantitative estimate of drug-likeness (QED) is 0.551. The molecule has 0 amide bonds. The van der Waals surface area contributed by atoms with Crippen molar-refractivity contribution >= 4 is 7.12 Å². The second-order valence-corrected chi connectivity index (χ2v) is 6.11. The maximum atomic E-state index is 6.03. The molecule has 0 aromatic rings. The van der Waals surface area contributed by atoms with Crippen molar-refractivity contribution in [3.8, 4) is 0 Å². The summed E-state index contributed by atoms with van der Waals surface area (Å²) in [6.07, 6.45) is 4.83. The molecule has 18 heavy (non-hydrogen) atoms. The van der Waals surface area contributed by atoms with E-state index in [9.17, 15) is 0 Å². The molecule has 1 aliphatic rings. The number of allylic oxidation sites excluding steroid dienone is 1. The molecule has 0 N–H and O–H groups in total. The van der Waals surface area contributed by atoms with Crippen LogP contribution in [-0.4, -0.2) is 24.4 Å². The van der Waals surface area contributed by atoms with Crippen LogP contribution in [0.25, 0.3) is 0 Å². The Morgan fingerprint density at radius 2 is 1.61 bits per heavy atom. The minimum Gasteiger partial charge on any atom is -0.499 e. The Balaban J connectivity index is 2.59. The summed E-state index contributed by atoms with van der Waals surface area (Å²) in [5.41, 5.74) is -0.546. The van der Waals surface area contributed by atoms with Gasteiger partial charge in [-0.3, -0.25) is 0 Å². The first kappa shape index (κ1) is 15.6. The van der Waals surface area contributed by atoms with Crippen molar-refractivity contribution in [2.24, 2.45) is 0 Å². The standard InChI is InChI=1S/C14H27BO3/c1-8-9-10-16-12(3)11(2)15-17-13(4,5)14(6,7)18-15/h9-12H,8H2,1-7H3/b10-9-. The summed E-state index contributed by atoms with van der Waals surface area (Å²) >= 11 is 0. The van der Waals surface area contributed by atoms with Crippen LogP contribution in [-0.2, 0) is 14.0 Å². The average Bonchev–Trinajstić information content (AvgIpc) is 2.47. The first-order valence-corrected chi connectivity index (χ1v) is 6.87. The fraction of sp³-hybridized carbons (Fsp3) is 0.857. The molecule has 0 radical (unpaired) electrons. The number of ether oxygens (including phenoxy) is 1. The maximum Gasteiger partial charge on any atom is 0.464 e. The molecule has 0 aromatic carbocycles. The Morgan fingerprint density at radius 3 is 2.06 bits per heavy atom. The van der Waals surface area contributed by atoms with Crippen molar-refractivity contribution in [2.45, 2.75) is 78.0 Å². The zero-order valence-electron chi connectivity index (χ0n) is 12.8. The Morgan fingerprint density at radius 1 is 1.11 bits per heavy atom. The SMILES string of the molecule is CC/C=C\OC(C)C(C)B1OC(C)(C)C(C)(C)O1. The van der Waals surface area contributed by atoms with Gasteiger partial charge in [0.2, 0.25) is 0 Å². The van der Waals surface area contributed by atoms with Gasteiger partial charge in [0.15, 0.2) is 0 Å². The highest BCUT2D eigenvalue weighted by Gasteiger charge is 2.53. The monoisotopic (exact) mass is 254 g/mol. The van der Waals surface area contributed by atoms with E-state index >= 15 is 0 Å². The van der Waals surface area contributed by atoms with E-state index in [-0.39, 0.29) is 30.2 Å². The van der Waals surface area contributed by atoms with Gasteiger partial charge in [-0.25, -0.2) is 0 Å². The van der Waals surface area contributed by atoms with Crippen LogP contribution in [0.5, 0.6) is 0 Å². The molecule has 0 aliphatic carbocycles. The van der Waals surface area contributed by atoms with E-state index in [1.54, 1.807) is 6.26 Å². The van der Waals surface area contributed by atoms with Crippen LogP contribution in [0, 0.1) is 0 Å². The Kier molecular flexibility index (Phi) is 4.90. The van der Waals surface area contributed by atoms with E-state index in [0.29, 0.717) is 0 Å². The van der Waals surface area contributed by atoms with Crippen molar-refractivity contribution in [1.82, 2.24) is 0 Å². The van der Waals surface area contributed by atoms with Gasteiger partial charge in [-0.2, -0.15) is 0 Å². The van der Waals surface area contributed by atoms with Crippen LogP contribution in [0.15, 0.2) is 12.3 Å². The van der Waals surface area contributed by atoms with Gasteiger partial charge in [-0.15, -0.1) is 0 Å². The molecule has 3 nitrogen and oxygen atoms in total. The molecule has 0 spiro atoms. The third-order valence-electron chi connectivity index (χ3n) is 4.07. The summed E-state index contributed by atoms with van der Waals surface area (Å²) in [6.45, 7) is 14.5. The van der Waals surface area contributed by atoms with Crippen LogP contribution in [0.1, 0.15) is 54.9 Å². The van der Waals surface area contributed by atoms with Gasteiger partial charge in [0.25, 0.3) is 0 Å². The summed E-state index contributed by atoms with van der Waals surface area (Å²) in [5.74, 6) is 0.188. The van der Waals surface area contributed by atoms with Crippen LogP contribution in [0.3, 0.4) is 0 Å². The second-order valence-electron chi connectivity index (χ2n) is 6.11. The first-order chi connectivity index (χ1) is 8.21. The predicted molar refractivity (Wildman–Crippen MR) is 75.5 cm³/mol. The summed E-state index contributed by atoms with van der Waals surface area (Å²) in [5, 5.41) is 0. The molecule has 1 aliphatic heterocycles. The zero-order chi connectivity index (χ0) is 14.0. The molecule has 1 fully saturated rings. The first-order valence-electron chi connectivity index (χ1n) is 6.87. The topological polar surface area (TPSA) is 27.7 Å². The van der Waals surface area contributed by atoms with Crippen LogP contribution < -0.4 is 0 Å². The number of hydrogen-bond acceptors (Lipinski definition) is 3. The molecule has 4 heteroatoms. The van der Waals surface area contributed by atoms with E-state index in [1.165, 1.54) is 0 Å². The van der Waals surface area contributed by atoms with Crippen LogP contribution in [0.4, 0.5) is 0 Å². The summed E-state index contributed by atoms with van der Waals surface area (Å²) in [6, 6.07) is 0. The normalized spacial score (nSPS) is 25.4. The van der Waals surface area contributed by atoms with Gasteiger partial charge in [-0.1, -0.05) is 19.9 Å². The van der Waals surface area contributed by atoms with Gasteiger partial charge in [-0.05, 0) is 41.0 Å². The Labute approximate surface area is 112 Å². The highest BCUT2D eigenvalue weighted by atomic mass is 16.7. The predicted octanol–water partition coefficient (Wildman–Crippen LogP) is 3.80. The van der Waals surface area contributed by atoms with E-state index < -0.39 is 0 Å². The van der Waals surface area contributed by atoms with Crippen LogP contribution >= 0.6 is 0 Å². The lowest BCUT2D eigenvalue weighted by Crippen LogP contribution is -2.41. The van der Waals surface area contributed by atoms with Crippen molar-refractivity contribution in [1.29, 1.82) is 0 Å². The molecule has 0 bridgehead atoms. The van der Waals surface area contributed by atoms with Crippen molar-refractivity contribution in [2.75, 3.05) is 0 Å². The average molecular weight is 254 g/mol. The smallest absolute Gasteiger partial charge is 0.464 e. The molecular formula is C14H27BO3. The fourth-order valence-corrected chi connectivity index (χ4v) is 1.72. The molecule has 0 saturated carbocycles. The number of rotatable bonds is 5. The second kappa shape index (κ2) is 5.66. The Bertz CT molecular complexity index is 283.